The van der Waals surface area contributed by atoms with Gasteiger partial charge in [-0.3, -0.25) is 4.79 Å². The normalized spacial score (nSPS) is 20.5. The van der Waals surface area contributed by atoms with Gasteiger partial charge in [-0.05, 0) is 48.1 Å². The number of hydrogen-bond acceptors (Lipinski definition) is 2. The topological polar surface area (TPSA) is 20.3 Å². The second-order valence-corrected chi connectivity index (χ2v) is 6.55. The minimum absolute atomic E-state index is 0.125. The van der Waals surface area contributed by atoms with Crippen LogP contribution in [0.3, 0.4) is 0 Å². The first-order valence-electron chi connectivity index (χ1n) is 8.25. The molecule has 0 saturated carbocycles. The summed E-state index contributed by atoms with van der Waals surface area (Å²) < 4.78 is 0. The Hall–Kier alpha value is -2.09. The van der Waals surface area contributed by atoms with Crippen LogP contribution in [0.25, 0.3) is 11.1 Å². The molecule has 0 N–H and O–H groups in total. The molecule has 2 aromatic rings. The Labute approximate surface area is 131 Å². The van der Waals surface area contributed by atoms with Crippen LogP contribution in [0, 0.1) is 5.92 Å². The number of fused-ring (bicyclic) bond motifs is 1. The lowest BCUT2D eigenvalue weighted by atomic mass is 9.96. The molecular formula is C20H21NO. The first-order chi connectivity index (χ1) is 10.7. The average Bonchev–Trinajstić information content (AvgIpc) is 3.17. The molecule has 0 spiro atoms. The monoisotopic (exact) mass is 291 g/mol. The SMILES string of the molecule is CC1Cc2cccc(-c3ccc(N4CCCC4)cc3)c2C1=O. The van der Waals surface area contributed by atoms with Crippen LogP contribution in [0.15, 0.2) is 42.5 Å². The Kier molecular flexibility index (Phi) is 3.25. The highest BCUT2D eigenvalue weighted by atomic mass is 16.1. The van der Waals surface area contributed by atoms with Crippen LogP contribution in [0.1, 0.15) is 35.7 Å². The minimum Gasteiger partial charge on any atom is -0.372 e. The average molecular weight is 291 g/mol. The number of carbonyl (C=O) groups is 1. The maximum Gasteiger partial charge on any atom is 0.166 e. The van der Waals surface area contributed by atoms with Gasteiger partial charge in [0.1, 0.15) is 0 Å². The predicted octanol–water partition coefficient (Wildman–Crippen LogP) is 4.33. The Morgan fingerprint density at radius 1 is 1.00 bits per heavy atom. The van der Waals surface area contributed by atoms with E-state index in [9.17, 15) is 4.79 Å². The van der Waals surface area contributed by atoms with E-state index in [-0.39, 0.29) is 5.92 Å². The van der Waals surface area contributed by atoms with Gasteiger partial charge in [-0.2, -0.15) is 0 Å². The highest BCUT2D eigenvalue weighted by molar-refractivity contribution is 6.07. The van der Waals surface area contributed by atoms with Gasteiger partial charge in [0.25, 0.3) is 0 Å². The van der Waals surface area contributed by atoms with Crippen LogP contribution in [0.2, 0.25) is 0 Å². The fraction of sp³-hybridized carbons (Fsp3) is 0.350. The summed E-state index contributed by atoms with van der Waals surface area (Å²) in [6.07, 6.45) is 3.47. The first kappa shape index (κ1) is 13.6. The van der Waals surface area contributed by atoms with Crippen molar-refractivity contribution in [2.45, 2.75) is 26.2 Å². The summed E-state index contributed by atoms with van der Waals surface area (Å²) >= 11 is 0. The molecule has 1 fully saturated rings. The molecule has 0 amide bonds. The minimum atomic E-state index is 0.125. The highest BCUT2D eigenvalue weighted by Crippen LogP contribution is 2.35. The third-order valence-corrected chi connectivity index (χ3v) is 5.02. The van der Waals surface area contributed by atoms with Gasteiger partial charge in [0.05, 0.1) is 0 Å². The number of nitrogens with zero attached hydrogens (tertiary/aromatic N) is 1. The van der Waals surface area contributed by atoms with Crippen molar-refractivity contribution in [3.8, 4) is 11.1 Å². The van der Waals surface area contributed by atoms with Gasteiger partial charge < -0.3 is 4.90 Å². The number of anilines is 1. The summed E-state index contributed by atoms with van der Waals surface area (Å²) in [5.41, 5.74) is 5.71. The largest absolute Gasteiger partial charge is 0.372 e. The van der Waals surface area contributed by atoms with E-state index < -0.39 is 0 Å². The number of Topliss-reactive ketones (excluding diaryl/α,β-unsaturated/α-hetero) is 1. The van der Waals surface area contributed by atoms with E-state index in [4.69, 9.17) is 0 Å². The molecule has 1 atom stereocenters. The number of ketones is 1. The van der Waals surface area contributed by atoms with Crippen molar-refractivity contribution in [2.24, 2.45) is 5.92 Å². The molecule has 22 heavy (non-hydrogen) atoms. The van der Waals surface area contributed by atoms with Crippen LogP contribution in [0.4, 0.5) is 5.69 Å². The summed E-state index contributed by atoms with van der Waals surface area (Å²) in [6.45, 7) is 4.36. The summed E-state index contributed by atoms with van der Waals surface area (Å²) in [5, 5.41) is 0. The highest BCUT2D eigenvalue weighted by Gasteiger charge is 2.29. The second kappa shape index (κ2) is 5.28. The second-order valence-electron chi connectivity index (χ2n) is 6.55. The van der Waals surface area contributed by atoms with Crippen LogP contribution in [-0.4, -0.2) is 18.9 Å². The van der Waals surface area contributed by atoms with Crippen molar-refractivity contribution in [3.05, 3.63) is 53.6 Å². The van der Waals surface area contributed by atoms with Crippen molar-refractivity contribution >= 4 is 11.5 Å². The Bertz CT molecular complexity index is 711. The molecule has 1 aliphatic heterocycles. The standard InChI is InChI=1S/C20H21NO/c1-14-13-16-5-4-6-18(19(16)20(14)22)15-7-9-17(10-8-15)21-11-2-3-12-21/h4-10,14H,2-3,11-13H2,1H3. The summed E-state index contributed by atoms with van der Waals surface area (Å²) in [5.74, 6) is 0.425. The quantitative estimate of drug-likeness (QED) is 0.821. The Balaban J connectivity index is 1.71. The van der Waals surface area contributed by atoms with Gasteiger partial charge in [-0.25, -0.2) is 0 Å². The molecule has 2 heteroatoms. The molecule has 0 aromatic heterocycles. The van der Waals surface area contributed by atoms with Crippen LogP contribution in [-0.2, 0) is 6.42 Å². The summed E-state index contributed by atoms with van der Waals surface area (Å²) in [6, 6.07) is 15.0. The zero-order valence-corrected chi connectivity index (χ0v) is 13.0. The van der Waals surface area contributed by atoms with E-state index >= 15 is 0 Å². The third-order valence-electron chi connectivity index (χ3n) is 5.02. The fourth-order valence-electron chi connectivity index (χ4n) is 3.80. The number of carbonyl (C=O) groups excluding carboxylic acids is 1. The number of hydrogen-bond donors (Lipinski definition) is 0. The van der Waals surface area contributed by atoms with Gasteiger partial charge in [-0.15, -0.1) is 0 Å². The van der Waals surface area contributed by atoms with Crippen molar-refractivity contribution in [1.82, 2.24) is 0 Å². The van der Waals surface area contributed by atoms with Gasteiger partial charge in [-0.1, -0.05) is 37.3 Å². The molecule has 1 heterocycles. The van der Waals surface area contributed by atoms with E-state index in [1.807, 2.05) is 6.92 Å². The zero-order chi connectivity index (χ0) is 15.1. The molecule has 1 saturated heterocycles. The van der Waals surface area contributed by atoms with Crippen molar-refractivity contribution < 1.29 is 4.79 Å². The van der Waals surface area contributed by atoms with Crippen molar-refractivity contribution in [3.63, 3.8) is 0 Å². The van der Waals surface area contributed by atoms with Crippen molar-refractivity contribution in [1.29, 1.82) is 0 Å². The lowest BCUT2D eigenvalue weighted by molar-refractivity contribution is 0.0947. The van der Waals surface area contributed by atoms with Crippen LogP contribution < -0.4 is 4.90 Å². The van der Waals surface area contributed by atoms with E-state index in [0.717, 1.165) is 36.2 Å². The van der Waals surface area contributed by atoms with E-state index in [2.05, 4.69) is 47.4 Å². The van der Waals surface area contributed by atoms with Crippen LogP contribution in [0.5, 0.6) is 0 Å². The number of rotatable bonds is 2. The molecule has 0 bridgehead atoms. The summed E-state index contributed by atoms with van der Waals surface area (Å²) in [4.78, 5) is 14.9. The first-order valence-corrected chi connectivity index (χ1v) is 8.25. The Morgan fingerprint density at radius 3 is 2.45 bits per heavy atom. The molecule has 112 valence electrons. The maximum atomic E-state index is 12.5. The Morgan fingerprint density at radius 2 is 1.73 bits per heavy atom. The van der Waals surface area contributed by atoms with Gasteiger partial charge in [0.2, 0.25) is 0 Å². The molecule has 0 radical (unpaired) electrons. The number of benzene rings is 2. The smallest absolute Gasteiger partial charge is 0.166 e. The van der Waals surface area contributed by atoms with Gasteiger partial charge >= 0.3 is 0 Å². The molecule has 4 rings (SSSR count). The predicted molar refractivity (Wildman–Crippen MR) is 90.5 cm³/mol. The van der Waals surface area contributed by atoms with E-state index in [1.54, 1.807) is 0 Å². The molecule has 2 nitrogen and oxygen atoms in total. The lowest BCUT2D eigenvalue weighted by Gasteiger charge is -2.18. The van der Waals surface area contributed by atoms with Gasteiger partial charge in [0.15, 0.2) is 5.78 Å². The maximum absolute atomic E-state index is 12.5. The third kappa shape index (κ3) is 2.14. The molecular weight excluding hydrogens is 270 g/mol. The molecule has 2 aliphatic rings. The van der Waals surface area contributed by atoms with Crippen molar-refractivity contribution in [2.75, 3.05) is 18.0 Å². The molecule has 1 aliphatic carbocycles. The molecule has 2 aromatic carbocycles. The van der Waals surface area contributed by atoms with E-state index in [1.165, 1.54) is 24.1 Å². The van der Waals surface area contributed by atoms with Gasteiger partial charge in [0, 0.05) is 30.3 Å². The zero-order valence-electron chi connectivity index (χ0n) is 13.0. The van der Waals surface area contributed by atoms with Crippen LogP contribution >= 0.6 is 0 Å². The van der Waals surface area contributed by atoms with E-state index in [0.29, 0.717) is 5.78 Å². The fourth-order valence-corrected chi connectivity index (χ4v) is 3.80. The summed E-state index contributed by atoms with van der Waals surface area (Å²) in [7, 11) is 0. The molecule has 1 unspecified atom stereocenters. The lowest BCUT2D eigenvalue weighted by Crippen LogP contribution is -2.17.